The van der Waals surface area contributed by atoms with Gasteiger partial charge < -0.3 is 15.4 Å². The molecule has 1 heterocycles. The average Bonchev–Trinajstić information content (AvgIpc) is 2.74. The van der Waals surface area contributed by atoms with Crippen molar-refractivity contribution in [3.63, 3.8) is 0 Å². The molecule has 5 nitrogen and oxygen atoms in total. The van der Waals surface area contributed by atoms with E-state index in [9.17, 15) is 0 Å². The number of nitrogens with two attached hydrogens (primary N) is 1. The molecule has 0 unspecified atom stereocenters. The molecule has 2 N–H and O–H groups in total. The number of rotatable bonds is 4. The van der Waals surface area contributed by atoms with Crippen LogP contribution in [-0.4, -0.2) is 23.9 Å². The van der Waals surface area contributed by atoms with Crippen molar-refractivity contribution in [1.82, 2.24) is 9.78 Å². The summed E-state index contributed by atoms with van der Waals surface area (Å²) in [6.45, 7) is 6.10. The van der Waals surface area contributed by atoms with Crippen LogP contribution in [0.2, 0.25) is 0 Å². The molecular weight excluding hydrogens is 252 g/mol. The van der Waals surface area contributed by atoms with Crippen molar-refractivity contribution in [1.29, 1.82) is 0 Å². The van der Waals surface area contributed by atoms with Gasteiger partial charge in [-0.05, 0) is 32.9 Å². The van der Waals surface area contributed by atoms with Gasteiger partial charge in [-0.1, -0.05) is 12.1 Å². The second-order valence-electron chi connectivity index (χ2n) is 5.09. The maximum atomic E-state index is 6.21. The van der Waals surface area contributed by atoms with Crippen LogP contribution in [-0.2, 0) is 0 Å². The summed E-state index contributed by atoms with van der Waals surface area (Å²) in [5.41, 5.74) is 8.71. The summed E-state index contributed by atoms with van der Waals surface area (Å²) in [7, 11) is 3.64. The van der Waals surface area contributed by atoms with E-state index in [-0.39, 0.29) is 6.04 Å². The van der Waals surface area contributed by atoms with Gasteiger partial charge in [-0.15, -0.1) is 0 Å². The zero-order valence-corrected chi connectivity index (χ0v) is 12.7. The minimum absolute atomic E-state index is 0.234. The number of para-hydroxylation sites is 2. The Labute approximate surface area is 119 Å². The number of benzene rings is 1. The molecule has 0 bridgehead atoms. The number of aryl methyl sites for hydroxylation is 1. The summed E-state index contributed by atoms with van der Waals surface area (Å²) >= 11 is 0. The lowest BCUT2D eigenvalue weighted by atomic mass is 10.2. The predicted molar refractivity (Wildman–Crippen MR) is 82.8 cm³/mol. The first-order chi connectivity index (χ1) is 9.47. The van der Waals surface area contributed by atoms with Gasteiger partial charge in [-0.25, -0.2) is 4.68 Å². The topological polar surface area (TPSA) is 56.3 Å². The van der Waals surface area contributed by atoms with E-state index in [1.807, 2.05) is 47.8 Å². The van der Waals surface area contributed by atoms with Crippen molar-refractivity contribution in [3.05, 3.63) is 30.0 Å². The molecule has 5 heteroatoms. The molecule has 1 aromatic heterocycles. The number of aromatic nitrogens is 2. The van der Waals surface area contributed by atoms with Gasteiger partial charge in [0.1, 0.15) is 5.75 Å². The SMILES string of the molecule is COc1ccccc1N(C)c1c(N)c(C)nn1C(C)C. The molecule has 0 fully saturated rings. The first-order valence-corrected chi connectivity index (χ1v) is 6.68. The Kier molecular flexibility index (Phi) is 3.88. The molecule has 0 amide bonds. The van der Waals surface area contributed by atoms with Crippen LogP contribution in [0.25, 0.3) is 0 Å². The molecule has 0 aliphatic heterocycles. The highest BCUT2D eigenvalue weighted by atomic mass is 16.5. The molecule has 2 rings (SSSR count). The van der Waals surface area contributed by atoms with E-state index in [4.69, 9.17) is 10.5 Å². The third kappa shape index (κ3) is 2.31. The second-order valence-corrected chi connectivity index (χ2v) is 5.09. The van der Waals surface area contributed by atoms with Crippen LogP contribution in [0.1, 0.15) is 25.6 Å². The lowest BCUT2D eigenvalue weighted by molar-refractivity contribution is 0.415. The highest BCUT2D eigenvalue weighted by Gasteiger charge is 2.21. The van der Waals surface area contributed by atoms with Crippen LogP contribution in [0.5, 0.6) is 5.75 Å². The Morgan fingerprint density at radius 1 is 1.30 bits per heavy atom. The van der Waals surface area contributed by atoms with Gasteiger partial charge in [-0.3, -0.25) is 0 Å². The highest BCUT2D eigenvalue weighted by Crippen LogP contribution is 2.37. The van der Waals surface area contributed by atoms with E-state index in [1.165, 1.54) is 0 Å². The number of anilines is 3. The van der Waals surface area contributed by atoms with E-state index >= 15 is 0 Å². The number of nitrogen functional groups attached to an aromatic ring is 1. The Morgan fingerprint density at radius 3 is 2.55 bits per heavy atom. The van der Waals surface area contributed by atoms with Crippen LogP contribution < -0.4 is 15.4 Å². The predicted octanol–water partition coefficient (Wildman–Crippen LogP) is 3.13. The third-order valence-electron chi connectivity index (χ3n) is 3.36. The van der Waals surface area contributed by atoms with Gasteiger partial charge in [0.15, 0.2) is 5.82 Å². The van der Waals surface area contributed by atoms with Gasteiger partial charge in [0.25, 0.3) is 0 Å². The van der Waals surface area contributed by atoms with Gasteiger partial charge in [0, 0.05) is 13.1 Å². The largest absolute Gasteiger partial charge is 0.495 e. The zero-order chi connectivity index (χ0) is 14.9. The number of methoxy groups -OCH3 is 1. The van der Waals surface area contributed by atoms with Gasteiger partial charge >= 0.3 is 0 Å². The Balaban J connectivity index is 2.56. The minimum atomic E-state index is 0.234. The molecule has 0 spiro atoms. The fourth-order valence-corrected chi connectivity index (χ4v) is 2.26. The molecule has 0 aliphatic carbocycles. The number of nitrogens with zero attached hydrogens (tertiary/aromatic N) is 3. The summed E-state index contributed by atoms with van der Waals surface area (Å²) in [6, 6.07) is 8.10. The number of ether oxygens (including phenoxy) is 1. The quantitative estimate of drug-likeness (QED) is 0.930. The second kappa shape index (κ2) is 5.45. The normalized spacial score (nSPS) is 10.9. The molecule has 20 heavy (non-hydrogen) atoms. The van der Waals surface area contributed by atoms with E-state index in [2.05, 4.69) is 18.9 Å². The van der Waals surface area contributed by atoms with Gasteiger partial charge in [-0.2, -0.15) is 5.10 Å². The molecule has 0 saturated heterocycles. The molecule has 0 aliphatic rings. The van der Waals surface area contributed by atoms with E-state index in [0.717, 1.165) is 22.9 Å². The van der Waals surface area contributed by atoms with Crippen molar-refractivity contribution in [2.45, 2.75) is 26.8 Å². The van der Waals surface area contributed by atoms with Crippen LogP contribution in [0.15, 0.2) is 24.3 Å². The molecule has 0 radical (unpaired) electrons. The van der Waals surface area contributed by atoms with E-state index < -0.39 is 0 Å². The van der Waals surface area contributed by atoms with Gasteiger partial charge in [0.05, 0.1) is 24.2 Å². The van der Waals surface area contributed by atoms with Crippen molar-refractivity contribution < 1.29 is 4.74 Å². The maximum absolute atomic E-state index is 6.21. The van der Waals surface area contributed by atoms with Crippen LogP contribution in [0, 0.1) is 6.92 Å². The van der Waals surface area contributed by atoms with Crippen molar-refractivity contribution >= 4 is 17.2 Å². The zero-order valence-electron chi connectivity index (χ0n) is 12.7. The monoisotopic (exact) mass is 274 g/mol. The Morgan fingerprint density at radius 2 is 1.95 bits per heavy atom. The molecule has 1 aromatic carbocycles. The first-order valence-electron chi connectivity index (χ1n) is 6.68. The standard InChI is InChI=1S/C15H22N4O/c1-10(2)19-15(14(16)11(3)17-19)18(4)12-8-6-7-9-13(12)20-5/h6-10H,16H2,1-5H3. The van der Waals surface area contributed by atoms with Crippen molar-refractivity contribution in [2.24, 2.45) is 0 Å². The number of hydrogen-bond acceptors (Lipinski definition) is 4. The van der Waals surface area contributed by atoms with Crippen LogP contribution in [0.3, 0.4) is 0 Å². The average molecular weight is 274 g/mol. The Bertz CT molecular complexity index is 604. The van der Waals surface area contributed by atoms with Crippen LogP contribution >= 0.6 is 0 Å². The van der Waals surface area contributed by atoms with E-state index in [1.54, 1.807) is 7.11 Å². The van der Waals surface area contributed by atoms with Crippen molar-refractivity contribution in [3.8, 4) is 5.75 Å². The fourth-order valence-electron chi connectivity index (χ4n) is 2.26. The Hall–Kier alpha value is -2.17. The molecule has 2 aromatic rings. The lowest BCUT2D eigenvalue weighted by Crippen LogP contribution is -2.18. The fraction of sp³-hybridized carbons (Fsp3) is 0.400. The summed E-state index contributed by atoms with van der Waals surface area (Å²) in [4.78, 5) is 2.02. The smallest absolute Gasteiger partial charge is 0.155 e. The summed E-state index contributed by atoms with van der Waals surface area (Å²) < 4.78 is 7.36. The minimum Gasteiger partial charge on any atom is -0.495 e. The maximum Gasteiger partial charge on any atom is 0.155 e. The summed E-state index contributed by atoms with van der Waals surface area (Å²) in [5, 5.41) is 4.52. The molecule has 108 valence electrons. The first kappa shape index (κ1) is 14.2. The molecular formula is C15H22N4O. The summed E-state index contributed by atoms with van der Waals surface area (Å²) in [5.74, 6) is 1.70. The lowest BCUT2D eigenvalue weighted by Gasteiger charge is -2.24. The molecule has 0 atom stereocenters. The summed E-state index contributed by atoms with van der Waals surface area (Å²) in [6.07, 6.45) is 0. The van der Waals surface area contributed by atoms with Gasteiger partial charge in [0.2, 0.25) is 0 Å². The van der Waals surface area contributed by atoms with E-state index in [0.29, 0.717) is 5.69 Å². The third-order valence-corrected chi connectivity index (χ3v) is 3.36. The molecule has 0 saturated carbocycles. The highest BCUT2D eigenvalue weighted by molar-refractivity contribution is 5.76. The number of hydrogen-bond donors (Lipinski definition) is 1. The van der Waals surface area contributed by atoms with Crippen LogP contribution in [0.4, 0.5) is 17.2 Å². The van der Waals surface area contributed by atoms with Crippen molar-refractivity contribution in [2.75, 3.05) is 24.8 Å².